The van der Waals surface area contributed by atoms with E-state index >= 15 is 0 Å². The van der Waals surface area contributed by atoms with Crippen molar-refractivity contribution in [2.75, 3.05) is 0 Å². The molecular formula is C45H30N2O. The highest BCUT2D eigenvalue weighted by Gasteiger charge is 2.50. The van der Waals surface area contributed by atoms with Gasteiger partial charge in [0.15, 0.2) is 0 Å². The molecule has 1 aliphatic heterocycles. The number of nitrogens with zero attached hydrogens (tertiary/aromatic N) is 1. The average molecular weight is 615 g/mol. The summed E-state index contributed by atoms with van der Waals surface area (Å²) in [5.41, 5.74) is 13.1. The molecule has 0 amide bonds. The van der Waals surface area contributed by atoms with Gasteiger partial charge in [-0.3, -0.25) is 10.4 Å². The van der Waals surface area contributed by atoms with Crippen LogP contribution in [-0.2, 0) is 5.41 Å². The van der Waals surface area contributed by atoms with Gasteiger partial charge in [-0.15, -0.1) is 0 Å². The van der Waals surface area contributed by atoms with Gasteiger partial charge in [0.2, 0.25) is 0 Å². The molecule has 0 radical (unpaired) electrons. The van der Waals surface area contributed by atoms with Gasteiger partial charge >= 0.3 is 0 Å². The van der Waals surface area contributed by atoms with Gasteiger partial charge in [0.05, 0.1) is 16.8 Å². The third-order valence-corrected chi connectivity index (χ3v) is 9.68. The molecular weight excluding hydrogens is 585 g/mol. The van der Waals surface area contributed by atoms with E-state index < -0.39 is 5.41 Å². The molecule has 9 rings (SSSR count). The maximum atomic E-state index is 8.79. The van der Waals surface area contributed by atoms with Crippen LogP contribution in [0.2, 0.25) is 0 Å². The smallest absolute Gasteiger partial charge is 0.132 e. The number of rotatable bonds is 5. The van der Waals surface area contributed by atoms with Gasteiger partial charge < -0.3 is 4.74 Å². The van der Waals surface area contributed by atoms with Gasteiger partial charge in [0.25, 0.3) is 0 Å². The Hall–Kier alpha value is -6.32. The summed E-state index contributed by atoms with van der Waals surface area (Å²) < 4.78 is 6.50. The van der Waals surface area contributed by atoms with Crippen molar-refractivity contribution < 1.29 is 4.74 Å². The fourth-order valence-electron chi connectivity index (χ4n) is 7.50. The molecule has 3 heteroatoms. The van der Waals surface area contributed by atoms with E-state index in [1.807, 2.05) is 60.8 Å². The van der Waals surface area contributed by atoms with Crippen LogP contribution < -0.4 is 4.74 Å². The highest BCUT2D eigenvalue weighted by atomic mass is 16.5. The zero-order valence-corrected chi connectivity index (χ0v) is 26.1. The van der Waals surface area contributed by atoms with Crippen LogP contribution in [0.25, 0.3) is 22.3 Å². The second-order valence-corrected chi connectivity index (χ2v) is 12.3. The lowest BCUT2D eigenvalue weighted by Crippen LogP contribution is -2.32. The number of hydrogen-bond donors (Lipinski definition) is 1. The first-order valence-electron chi connectivity index (χ1n) is 16.2. The molecule has 2 aliphatic rings. The molecule has 0 saturated heterocycles. The van der Waals surface area contributed by atoms with E-state index in [2.05, 4.69) is 115 Å². The Kier molecular flexibility index (Phi) is 6.51. The summed E-state index contributed by atoms with van der Waals surface area (Å²) in [6.07, 6.45) is 1.88. The molecule has 1 aliphatic carbocycles. The molecule has 0 aromatic heterocycles. The molecule has 1 N–H and O–H groups in total. The lowest BCUT2D eigenvalue weighted by molar-refractivity contribution is 0.436. The highest BCUT2D eigenvalue weighted by Crippen LogP contribution is 2.62. The van der Waals surface area contributed by atoms with Crippen molar-refractivity contribution in [2.24, 2.45) is 4.99 Å². The average Bonchev–Trinajstić information content (AvgIpc) is 3.44. The molecule has 1 spiro atoms. The molecule has 1 heterocycles. The van der Waals surface area contributed by atoms with Crippen LogP contribution in [0.4, 0.5) is 5.69 Å². The minimum Gasteiger partial charge on any atom is -0.457 e. The van der Waals surface area contributed by atoms with Crippen molar-refractivity contribution in [1.82, 2.24) is 0 Å². The summed E-state index contributed by atoms with van der Waals surface area (Å²) in [5.74, 6) is 1.79. The van der Waals surface area contributed by atoms with Crippen molar-refractivity contribution in [3.05, 3.63) is 209 Å². The number of nitrogens with one attached hydrogen (secondary N) is 1. The fraction of sp³-hybridized carbons (Fsp3) is 0.0222. The molecule has 0 bridgehead atoms. The molecule has 0 fully saturated rings. The first-order chi connectivity index (χ1) is 23.7. The predicted octanol–water partition coefficient (Wildman–Crippen LogP) is 11.0. The Morgan fingerprint density at radius 2 is 1.10 bits per heavy atom. The SMILES string of the molecule is N=C(c1ccccc1)c1ccccc1N=Cc1ccc(-c2ccc3c(c2)C2(c4ccccc4Oc4ccccc42)c2ccccc2-3)cc1. The topological polar surface area (TPSA) is 45.4 Å². The summed E-state index contributed by atoms with van der Waals surface area (Å²) in [7, 11) is 0. The Bertz CT molecular complexity index is 2340. The van der Waals surface area contributed by atoms with Crippen molar-refractivity contribution in [1.29, 1.82) is 5.41 Å². The molecule has 3 nitrogen and oxygen atoms in total. The van der Waals surface area contributed by atoms with E-state index in [0.29, 0.717) is 5.71 Å². The number of aliphatic imine (C=N–C) groups is 1. The van der Waals surface area contributed by atoms with Gasteiger partial charge in [0, 0.05) is 28.5 Å². The maximum absolute atomic E-state index is 8.79. The van der Waals surface area contributed by atoms with Crippen LogP contribution in [0.3, 0.4) is 0 Å². The molecule has 7 aromatic rings. The molecule has 48 heavy (non-hydrogen) atoms. The first-order valence-corrected chi connectivity index (χ1v) is 16.2. The van der Waals surface area contributed by atoms with Crippen molar-refractivity contribution >= 4 is 17.6 Å². The van der Waals surface area contributed by atoms with E-state index in [4.69, 9.17) is 15.1 Å². The van der Waals surface area contributed by atoms with E-state index in [1.54, 1.807) is 0 Å². The van der Waals surface area contributed by atoms with E-state index in [9.17, 15) is 0 Å². The molecule has 0 unspecified atom stereocenters. The second-order valence-electron chi connectivity index (χ2n) is 12.3. The van der Waals surface area contributed by atoms with E-state index in [1.165, 1.54) is 33.4 Å². The lowest BCUT2D eigenvalue weighted by atomic mass is 9.66. The molecule has 226 valence electrons. The van der Waals surface area contributed by atoms with Crippen molar-refractivity contribution in [3.63, 3.8) is 0 Å². The van der Waals surface area contributed by atoms with Crippen molar-refractivity contribution in [2.45, 2.75) is 5.41 Å². The first kappa shape index (κ1) is 27.9. The van der Waals surface area contributed by atoms with Crippen LogP contribution in [0.15, 0.2) is 175 Å². The number of benzene rings is 7. The third kappa shape index (κ3) is 4.29. The Labute approximate surface area is 280 Å². The Balaban J connectivity index is 1.11. The normalized spacial score (nSPS) is 13.3. The summed E-state index contributed by atoms with van der Waals surface area (Å²) >= 11 is 0. The maximum Gasteiger partial charge on any atom is 0.132 e. The van der Waals surface area contributed by atoms with Crippen LogP contribution in [0, 0.1) is 5.41 Å². The van der Waals surface area contributed by atoms with E-state index in [0.717, 1.165) is 45.0 Å². The number of para-hydroxylation sites is 3. The lowest BCUT2D eigenvalue weighted by Gasteiger charge is -2.39. The monoisotopic (exact) mass is 614 g/mol. The molecule has 0 saturated carbocycles. The predicted molar refractivity (Wildman–Crippen MR) is 195 cm³/mol. The summed E-state index contributed by atoms with van der Waals surface area (Å²) in [6.45, 7) is 0. The van der Waals surface area contributed by atoms with Gasteiger partial charge in [-0.1, -0.05) is 146 Å². The van der Waals surface area contributed by atoms with Gasteiger partial charge in [-0.2, -0.15) is 0 Å². The van der Waals surface area contributed by atoms with Crippen LogP contribution in [0.5, 0.6) is 11.5 Å². The second kappa shape index (κ2) is 11.2. The van der Waals surface area contributed by atoms with Crippen LogP contribution >= 0.6 is 0 Å². The quantitative estimate of drug-likeness (QED) is 0.193. The van der Waals surface area contributed by atoms with E-state index in [-0.39, 0.29) is 0 Å². The Morgan fingerprint density at radius 1 is 0.521 bits per heavy atom. The minimum absolute atomic E-state index is 0.463. The van der Waals surface area contributed by atoms with Gasteiger partial charge in [0.1, 0.15) is 11.5 Å². The zero-order valence-electron chi connectivity index (χ0n) is 26.1. The number of hydrogen-bond acceptors (Lipinski definition) is 3. The largest absolute Gasteiger partial charge is 0.457 e. The number of ether oxygens (including phenoxy) is 1. The van der Waals surface area contributed by atoms with Crippen LogP contribution in [0.1, 0.15) is 38.9 Å². The summed E-state index contributed by atoms with van der Waals surface area (Å²) in [4.78, 5) is 4.82. The standard InChI is InChI=1S/C45H30N2O/c46-44(32-12-2-1-3-13-32)36-15-5-9-19-41(36)47-29-30-22-24-31(25-23-30)33-26-27-35-34-14-4-6-16-37(34)45(40(35)28-33)38-17-7-10-20-42(38)48-43-21-11-8-18-39(43)45/h1-29,46H. The Morgan fingerprint density at radius 3 is 1.85 bits per heavy atom. The molecule has 0 atom stereocenters. The van der Waals surface area contributed by atoms with Gasteiger partial charge in [-0.25, -0.2) is 0 Å². The van der Waals surface area contributed by atoms with Crippen molar-refractivity contribution in [3.8, 4) is 33.8 Å². The summed E-state index contributed by atoms with van der Waals surface area (Å²) in [5, 5.41) is 8.79. The zero-order chi connectivity index (χ0) is 32.1. The number of fused-ring (bicyclic) bond motifs is 9. The molecule has 7 aromatic carbocycles. The van der Waals surface area contributed by atoms with Crippen LogP contribution in [-0.4, -0.2) is 11.9 Å². The highest BCUT2D eigenvalue weighted by molar-refractivity contribution is 6.14. The third-order valence-electron chi connectivity index (χ3n) is 9.68. The minimum atomic E-state index is -0.485. The summed E-state index contributed by atoms with van der Waals surface area (Å²) in [6, 6.07) is 58.8. The fourth-order valence-corrected chi connectivity index (χ4v) is 7.50. The van der Waals surface area contributed by atoms with Gasteiger partial charge in [-0.05, 0) is 63.2 Å².